The molecule has 1 aromatic heterocycles. The summed E-state index contributed by atoms with van der Waals surface area (Å²) in [6, 6.07) is 2.35. The SMILES string of the molecule is Cn1c(C(C)(F)F)cc(=O)n(-c2cc(/C=N/O)c(Cl)cc2F)c1=O. The zero-order valence-corrected chi connectivity index (χ0v) is 13.2. The highest BCUT2D eigenvalue weighted by Gasteiger charge is 2.29. The first-order chi connectivity index (χ1) is 11.1. The van der Waals surface area contributed by atoms with E-state index in [0.717, 1.165) is 25.4 Å². The van der Waals surface area contributed by atoms with E-state index in [1.165, 1.54) is 0 Å². The van der Waals surface area contributed by atoms with Crippen molar-refractivity contribution in [2.75, 3.05) is 0 Å². The topological polar surface area (TPSA) is 76.6 Å². The first-order valence-corrected chi connectivity index (χ1v) is 6.84. The Morgan fingerprint density at radius 1 is 1.29 bits per heavy atom. The highest BCUT2D eigenvalue weighted by atomic mass is 35.5. The van der Waals surface area contributed by atoms with Crippen LogP contribution < -0.4 is 11.2 Å². The molecule has 2 aromatic rings. The van der Waals surface area contributed by atoms with Crippen molar-refractivity contribution in [1.82, 2.24) is 9.13 Å². The number of halogens is 4. The number of benzene rings is 1. The van der Waals surface area contributed by atoms with Crippen molar-refractivity contribution in [2.24, 2.45) is 12.2 Å². The minimum atomic E-state index is -3.43. The standard InChI is InChI=1S/C14H11ClF3N3O3/c1-14(17,18)11-5-12(22)21(13(23)20(11)2)10-3-7(6-19-24)8(15)4-9(10)16/h3-6,24H,1-2H3/b19-6+. The zero-order chi connectivity index (χ0) is 18.2. The smallest absolute Gasteiger partial charge is 0.335 e. The molecule has 24 heavy (non-hydrogen) atoms. The molecule has 0 bridgehead atoms. The Hall–Kier alpha value is -2.55. The van der Waals surface area contributed by atoms with Gasteiger partial charge in [-0.05, 0) is 12.1 Å². The van der Waals surface area contributed by atoms with Gasteiger partial charge in [-0.2, -0.15) is 0 Å². The number of alkyl halides is 2. The van der Waals surface area contributed by atoms with Crippen LogP contribution in [0.2, 0.25) is 5.02 Å². The lowest BCUT2D eigenvalue weighted by Gasteiger charge is -2.17. The predicted octanol–water partition coefficient (Wildman–Crippen LogP) is 2.25. The van der Waals surface area contributed by atoms with Crippen molar-refractivity contribution in [1.29, 1.82) is 0 Å². The van der Waals surface area contributed by atoms with Gasteiger partial charge >= 0.3 is 5.69 Å². The van der Waals surface area contributed by atoms with Crippen LogP contribution >= 0.6 is 11.6 Å². The van der Waals surface area contributed by atoms with E-state index in [0.29, 0.717) is 22.1 Å². The summed E-state index contributed by atoms with van der Waals surface area (Å²) in [4.78, 5) is 24.4. The number of aromatic nitrogens is 2. The quantitative estimate of drug-likeness (QED) is 0.517. The lowest BCUT2D eigenvalue weighted by atomic mass is 10.2. The van der Waals surface area contributed by atoms with Crippen LogP contribution in [0.15, 0.2) is 32.9 Å². The predicted molar refractivity (Wildman–Crippen MR) is 81.2 cm³/mol. The molecule has 0 amide bonds. The molecule has 1 heterocycles. The number of hydrogen-bond donors (Lipinski definition) is 1. The molecule has 10 heteroatoms. The largest absolute Gasteiger partial charge is 0.411 e. The molecule has 128 valence electrons. The fourth-order valence-corrected chi connectivity index (χ4v) is 2.35. The average molecular weight is 362 g/mol. The van der Waals surface area contributed by atoms with Gasteiger partial charge in [-0.3, -0.25) is 9.36 Å². The molecule has 0 aliphatic carbocycles. The third kappa shape index (κ3) is 3.07. The van der Waals surface area contributed by atoms with E-state index >= 15 is 0 Å². The van der Waals surface area contributed by atoms with Gasteiger partial charge in [-0.25, -0.2) is 22.5 Å². The van der Waals surface area contributed by atoms with Gasteiger partial charge in [0.1, 0.15) is 5.82 Å². The zero-order valence-electron chi connectivity index (χ0n) is 12.4. The summed E-state index contributed by atoms with van der Waals surface area (Å²) in [5, 5.41) is 11.2. The molecule has 0 atom stereocenters. The van der Waals surface area contributed by atoms with E-state index in [1.54, 1.807) is 0 Å². The molecule has 6 nitrogen and oxygen atoms in total. The third-order valence-electron chi connectivity index (χ3n) is 3.27. The molecule has 1 N–H and O–H groups in total. The Kier molecular flexibility index (Phi) is 4.57. The summed E-state index contributed by atoms with van der Waals surface area (Å²) < 4.78 is 42.0. The van der Waals surface area contributed by atoms with Crippen molar-refractivity contribution < 1.29 is 18.4 Å². The van der Waals surface area contributed by atoms with Crippen LogP contribution in [0, 0.1) is 5.82 Å². The molecule has 0 fully saturated rings. The van der Waals surface area contributed by atoms with Crippen LogP contribution in [0.25, 0.3) is 5.69 Å². The third-order valence-corrected chi connectivity index (χ3v) is 3.60. The van der Waals surface area contributed by atoms with Gasteiger partial charge < -0.3 is 5.21 Å². The molecular formula is C14H11ClF3N3O3. The van der Waals surface area contributed by atoms with Gasteiger partial charge in [-0.15, -0.1) is 0 Å². The van der Waals surface area contributed by atoms with E-state index in [4.69, 9.17) is 16.8 Å². The first-order valence-electron chi connectivity index (χ1n) is 6.46. The van der Waals surface area contributed by atoms with Gasteiger partial charge in [0.2, 0.25) is 0 Å². The number of rotatable bonds is 3. The van der Waals surface area contributed by atoms with Crippen LogP contribution in [-0.2, 0) is 13.0 Å². The summed E-state index contributed by atoms with van der Waals surface area (Å²) in [7, 11) is 1.04. The lowest BCUT2D eigenvalue weighted by Crippen LogP contribution is -2.41. The first kappa shape index (κ1) is 17.8. The van der Waals surface area contributed by atoms with Crippen molar-refractivity contribution >= 4 is 17.8 Å². The summed E-state index contributed by atoms with van der Waals surface area (Å²) in [6.45, 7) is 0.532. The van der Waals surface area contributed by atoms with E-state index < -0.39 is 34.4 Å². The second kappa shape index (κ2) is 6.16. The molecule has 0 radical (unpaired) electrons. The minimum Gasteiger partial charge on any atom is -0.411 e. The second-order valence-corrected chi connectivity index (χ2v) is 5.41. The van der Waals surface area contributed by atoms with Gasteiger partial charge in [0.15, 0.2) is 0 Å². The van der Waals surface area contributed by atoms with Crippen LogP contribution in [0.3, 0.4) is 0 Å². The van der Waals surface area contributed by atoms with Crippen molar-refractivity contribution in [3.63, 3.8) is 0 Å². The number of hydrogen-bond acceptors (Lipinski definition) is 4. The Morgan fingerprint density at radius 3 is 2.46 bits per heavy atom. The molecule has 0 spiro atoms. The Bertz CT molecular complexity index is 945. The van der Waals surface area contributed by atoms with E-state index in [2.05, 4.69) is 5.16 Å². The fourth-order valence-electron chi connectivity index (χ4n) is 2.15. The second-order valence-electron chi connectivity index (χ2n) is 5.00. The van der Waals surface area contributed by atoms with Crippen LogP contribution in [-0.4, -0.2) is 20.6 Å². The fraction of sp³-hybridized carbons (Fsp3) is 0.214. The molecule has 0 saturated heterocycles. The number of nitrogens with zero attached hydrogens (tertiary/aromatic N) is 3. The summed E-state index contributed by atoms with van der Waals surface area (Å²) in [6.07, 6.45) is 0.870. The molecule has 0 saturated carbocycles. The maximum absolute atomic E-state index is 14.1. The summed E-state index contributed by atoms with van der Waals surface area (Å²) in [5.41, 5.74) is -3.59. The van der Waals surface area contributed by atoms with Gasteiger partial charge in [0.05, 0.1) is 22.6 Å². The summed E-state index contributed by atoms with van der Waals surface area (Å²) >= 11 is 5.75. The molecule has 0 aliphatic heterocycles. The Balaban J connectivity index is 2.85. The highest BCUT2D eigenvalue weighted by molar-refractivity contribution is 6.33. The van der Waals surface area contributed by atoms with Gasteiger partial charge in [-0.1, -0.05) is 16.8 Å². The normalized spacial score (nSPS) is 12.1. The highest BCUT2D eigenvalue weighted by Crippen LogP contribution is 2.25. The molecule has 1 aromatic carbocycles. The molecular weight excluding hydrogens is 351 g/mol. The van der Waals surface area contributed by atoms with Gasteiger partial charge in [0.25, 0.3) is 11.5 Å². The van der Waals surface area contributed by atoms with Crippen LogP contribution in [0.4, 0.5) is 13.2 Å². The molecule has 0 unspecified atom stereocenters. The number of oxime groups is 1. The van der Waals surface area contributed by atoms with Crippen LogP contribution in [0.1, 0.15) is 18.2 Å². The maximum Gasteiger partial charge on any atom is 0.335 e. The lowest BCUT2D eigenvalue weighted by molar-refractivity contribution is 0.00825. The Morgan fingerprint density at radius 2 is 1.92 bits per heavy atom. The molecule has 0 aliphatic rings. The van der Waals surface area contributed by atoms with E-state index in [1.807, 2.05) is 0 Å². The van der Waals surface area contributed by atoms with E-state index in [-0.39, 0.29) is 10.6 Å². The van der Waals surface area contributed by atoms with Crippen LogP contribution in [0.5, 0.6) is 0 Å². The van der Waals surface area contributed by atoms with E-state index in [9.17, 15) is 22.8 Å². The minimum absolute atomic E-state index is 0.0226. The maximum atomic E-state index is 14.1. The van der Waals surface area contributed by atoms with Crippen molar-refractivity contribution in [3.05, 3.63) is 61.1 Å². The van der Waals surface area contributed by atoms with Crippen molar-refractivity contribution in [2.45, 2.75) is 12.8 Å². The Labute approximate surface area is 138 Å². The monoisotopic (exact) mass is 361 g/mol. The summed E-state index contributed by atoms with van der Waals surface area (Å²) in [5.74, 6) is -4.45. The van der Waals surface area contributed by atoms with Crippen molar-refractivity contribution in [3.8, 4) is 5.69 Å². The molecule has 2 rings (SSSR count). The van der Waals surface area contributed by atoms with Gasteiger partial charge in [0, 0.05) is 25.6 Å². The average Bonchev–Trinajstić information content (AvgIpc) is 2.46.